The van der Waals surface area contributed by atoms with Gasteiger partial charge >= 0.3 is 0 Å². The Morgan fingerprint density at radius 2 is 2.25 bits per heavy atom. The van der Waals surface area contributed by atoms with E-state index in [2.05, 4.69) is 11.1 Å². The minimum atomic E-state index is -0.270. The highest BCUT2D eigenvalue weighted by molar-refractivity contribution is 5.35. The quantitative estimate of drug-likeness (QED) is 0.621. The molecule has 1 rings (SSSR count). The van der Waals surface area contributed by atoms with Gasteiger partial charge in [0, 0.05) is 11.8 Å². The lowest BCUT2D eigenvalue weighted by Crippen LogP contribution is -1.95. The zero-order valence-electron chi connectivity index (χ0n) is 6.65. The summed E-state index contributed by atoms with van der Waals surface area (Å²) in [5.41, 5.74) is 1.04. The predicted molar refractivity (Wildman–Crippen MR) is 43.0 cm³/mol. The van der Waals surface area contributed by atoms with E-state index in [-0.39, 0.29) is 5.92 Å². The molecule has 12 heavy (non-hydrogen) atoms. The maximum Gasteiger partial charge on any atom is 0.144 e. The molecule has 0 aliphatic rings. The van der Waals surface area contributed by atoms with Gasteiger partial charge in [0.1, 0.15) is 11.8 Å². The first-order valence-electron chi connectivity index (χ1n) is 3.54. The number of rotatable bonds is 1. The van der Waals surface area contributed by atoms with Crippen molar-refractivity contribution in [2.75, 3.05) is 0 Å². The topological polar surface area (TPSA) is 60.5 Å². The van der Waals surface area contributed by atoms with Gasteiger partial charge in [-0.1, -0.05) is 6.07 Å². The molecule has 3 nitrogen and oxygen atoms in total. The molecule has 1 atom stereocenters. The standard InChI is InChI=1S/C9H7N3/c1-7(5-10)8-3-2-4-12-9(8)6-11/h2-4,7H,1H3. The van der Waals surface area contributed by atoms with E-state index in [0.717, 1.165) is 0 Å². The summed E-state index contributed by atoms with van der Waals surface area (Å²) < 4.78 is 0. The highest BCUT2D eigenvalue weighted by Gasteiger charge is 2.08. The van der Waals surface area contributed by atoms with Gasteiger partial charge in [-0.05, 0) is 13.0 Å². The molecule has 1 aromatic rings. The monoisotopic (exact) mass is 157 g/mol. The highest BCUT2D eigenvalue weighted by atomic mass is 14.7. The van der Waals surface area contributed by atoms with Crippen molar-refractivity contribution in [3.05, 3.63) is 29.6 Å². The average Bonchev–Trinajstić information content (AvgIpc) is 2.16. The molecular formula is C9H7N3. The van der Waals surface area contributed by atoms with Crippen molar-refractivity contribution in [1.29, 1.82) is 10.5 Å². The zero-order valence-corrected chi connectivity index (χ0v) is 6.65. The van der Waals surface area contributed by atoms with E-state index in [4.69, 9.17) is 10.5 Å². The molecule has 1 aromatic heterocycles. The van der Waals surface area contributed by atoms with Crippen molar-refractivity contribution >= 4 is 0 Å². The Balaban J connectivity index is 3.18. The summed E-state index contributed by atoms with van der Waals surface area (Å²) in [6.45, 7) is 1.75. The maximum absolute atomic E-state index is 8.64. The predicted octanol–water partition coefficient (Wildman–Crippen LogP) is 1.58. The summed E-state index contributed by atoms with van der Waals surface area (Å²) in [4.78, 5) is 3.85. The number of hydrogen-bond acceptors (Lipinski definition) is 3. The third kappa shape index (κ3) is 1.41. The van der Waals surface area contributed by atoms with Crippen LogP contribution in [0.3, 0.4) is 0 Å². The van der Waals surface area contributed by atoms with Crippen molar-refractivity contribution in [3.63, 3.8) is 0 Å². The first-order chi connectivity index (χ1) is 5.79. The molecule has 0 aliphatic heterocycles. The molecule has 0 saturated heterocycles. The van der Waals surface area contributed by atoms with Crippen LogP contribution in [0.1, 0.15) is 24.1 Å². The first-order valence-corrected chi connectivity index (χ1v) is 3.54. The molecule has 0 N–H and O–H groups in total. The van der Waals surface area contributed by atoms with Gasteiger partial charge < -0.3 is 0 Å². The summed E-state index contributed by atoms with van der Waals surface area (Å²) in [7, 11) is 0. The largest absolute Gasteiger partial charge is 0.245 e. The molecule has 0 spiro atoms. The second-order valence-corrected chi connectivity index (χ2v) is 2.40. The molecule has 1 unspecified atom stereocenters. The number of aromatic nitrogens is 1. The zero-order chi connectivity index (χ0) is 8.97. The third-order valence-electron chi connectivity index (χ3n) is 1.60. The molecule has 0 fully saturated rings. The second-order valence-electron chi connectivity index (χ2n) is 2.40. The van der Waals surface area contributed by atoms with Gasteiger partial charge in [0.2, 0.25) is 0 Å². The van der Waals surface area contributed by atoms with Crippen LogP contribution >= 0.6 is 0 Å². The van der Waals surface area contributed by atoms with Crippen LogP contribution in [0.4, 0.5) is 0 Å². The minimum absolute atomic E-state index is 0.270. The van der Waals surface area contributed by atoms with E-state index < -0.39 is 0 Å². The molecule has 0 amide bonds. The van der Waals surface area contributed by atoms with Crippen LogP contribution in [-0.2, 0) is 0 Å². The Morgan fingerprint density at radius 1 is 1.50 bits per heavy atom. The van der Waals surface area contributed by atoms with Crippen LogP contribution in [0.5, 0.6) is 0 Å². The lowest BCUT2D eigenvalue weighted by atomic mass is 10.0. The fraction of sp³-hybridized carbons (Fsp3) is 0.222. The Hall–Kier alpha value is -1.87. The Labute approximate surface area is 70.9 Å². The van der Waals surface area contributed by atoms with E-state index in [1.54, 1.807) is 25.3 Å². The van der Waals surface area contributed by atoms with E-state index in [1.807, 2.05) is 6.07 Å². The van der Waals surface area contributed by atoms with Crippen LogP contribution in [-0.4, -0.2) is 4.98 Å². The van der Waals surface area contributed by atoms with Gasteiger partial charge in [0.25, 0.3) is 0 Å². The van der Waals surface area contributed by atoms with E-state index in [0.29, 0.717) is 11.3 Å². The van der Waals surface area contributed by atoms with Crippen LogP contribution in [0.2, 0.25) is 0 Å². The van der Waals surface area contributed by atoms with Crippen molar-refractivity contribution in [1.82, 2.24) is 4.98 Å². The maximum atomic E-state index is 8.64. The number of nitriles is 2. The first kappa shape index (κ1) is 8.23. The van der Waals surface area contributed by atoms with Crippen LogP contribution in [0, 0.1) is 22.7 Å². The number of hydrogen-bond donors (Lipinski definition) is 0. The van der Waals surface area contributed by atoms with Crippen molar-refractivity contribution in [2.24, 2.45) is 0 Å². The molecule has 1 heterocycles. The van der Waals surface area contributed by atoms with Crippen molar-refractivity contribution < 1.29 is 0 Å². The smallest absolute Gasteiger partial charge is 0.144 e. The lowest BCUT2D eigenvalue weighted by molar-refractivity contribution is 0.956. The normalized spacial score (nSPS) is 11.2. The van der Waals surface area contributed by atoms with Gasteiger partial charge in [-0.25, -0.2) is 4.98 Å². The highest BCUT2D eigenvalue weighted by Crippen LogP contribution is 2.15. The molecule has 0 bridgehead atoms. The molecular weight excluding hydrogens is 150 g/mol. The van der Waals surface area contributed by atoms with Gasteiger partial charge in [-0.15, -0.1) is 0 Å². The SMILES string of the molecule is CC(C#N)c1cccnc1C#N. The molecule has 3 heteroatoms. The van der Waals surface area contributed by atoms with Crippen molar-refractivity contribution in [2.45, 2.75) is 12.8 Å². The molecule has 58 valence electrons. The summed E-state index contributed by atoms with van der Waals surface area (Å²) in [6, 6.07) is 7.49. The number of pyridine rings is 1. The minimum Gasteiger partial charge on any atom is -0.245 e. The van der Waals surface area contributed by atoms with Gasteiger partial charge in [0.05, 0.1) is 12.0 Å². The summed E-state index contributed by atoms with van der Waals surface area (Å²) in [6.07, 6.45) is 1.55. The third-order valence-corrected chi connectivity index (χ3v) is 1.60. The van der Waals surface area contributed by atoms with Gasteiger partial charge in [0.15, 0.2) is 0 Å². The van der Waals surface area contributed by atoms with Crippen LogP contribution in [0.15, 0.2) is 18.3 Å². The van der Waals surface area contributed by atoms with Gasteiger partial charge in [-0.3, -0.25) is 0 Å². The van der Waals surface area contributed by atoms with Crippen LogP contribution in [0.25, 0.3) is 0 Å². The van der Waals surface area contributed by atoms with E-state index in [1.165, 1.54) is 0 Å². The fourth-order valence-corrected chi connectivity index (χ4v) is 0.930. The molecule has 0 aliphatic carbocycles. The van der Waals surface area contributed by atoms with Gasteiger partial charge in [-0.2, -0.15) is 10.5 Å². The average molecular weight is 157 g/mol. The lowest BCUT2D eigenvalue weighted by Gasteiger charge is -2.02. The summed E-state index contributed by atoms with van der Waals surface area (Å²) >= 11 is 0. The molecule has 0 aromatic carbocycles. The Bertz CT molecular complexity index is 357. The second kappa shape index (κ2) is 3.50. The van der Waals surface area contributed by atoms with Crippen LogP contribution < -0.4 is 0 Å². The summed E-state index contributed by atoms with van der Waals surface area (Å²) in [5.74, 6) is -0.270. The number of nitrogens with zero attached hydrogens (tertiary/aromatic N) is 3. The molecule has 0 saturated carbocycles. The fourth-order valence-electron chi connectivity index (χ4n) is 0.930. The van der Waals surface area contributed by atoms with E-state index in [9.17, 15) is 0 Å². The van der Waals surface area contributed by atoms with Crippen molar-refractivity contribution in [3.8, 4) is 12.1 Å². The molecule has 0 radical (unpaired) electrons. The Kier molecular flexibility index (Phi) is 2.40. The summed E-state index contributed by atoms with van der Waals surface area (Å²) in [5, 5.41) is 17.3. The van der Waals surface area contributed by atoms with E-state index >= 15 is 0 Å². The Morgan fingerprint density at radius 3 is 2.83 bits per heavy atom.